The molecule has 0 spiro atoms. The maximum atomic E-state index is 10.9. The van der Waals surface area contributed by atoms with Crippen LogP contribution in [-0.2, 0) is 0 Å². The molecule has 0 aliphatic heterocycles. The Hall–Kier alpha value is -0.0400. The Morgan fingerprint density at radius 3 is 2.53 bits per heavy atom. The summed E-state index contributed by atoms with van der Waals surface area (Å²) in [7, 11) is 0. The van der Waals surface area contributed by atoms with Crippen molar-refractivity contribution in [1.29, 1.82) is 0 Å². The molecule has 3 unspecified atom stereocenters. The fourth-order valence-corrected chi connectivity index (χ4v) is 3.84. The van der Waals surface area contributed by atoms with E-state index in [-0.39, 0.29) is 5.60 Å². The van der Waals surface area contributed by atoms with E-state index >= 15 is 0 Å². The molecule has 0 heterocycles. The first kappa shape index (κ1) is 17.0. The van der Waals surface area contributed by atoms with Crippen LogP contribution in [-0.4, -0.2) is 10.7 Å². The van der Waals surface area contributed by atoms with Gasteiger partial charge >= 0.3 is 0 Å². The van der Waals surface area contributed by atoms with Crippen molar-refractivity contribution in [2.24, 2.45) is 11.8 Å². The van der Waals surface area contributed by atoms with Crippen molar-refractivity contribution in [3.8, 4) is 0 Å². The minimum absolute atomic E-state index is 0.336. The van der Waals surface area contributed by atoms with E-state index in [9.17, 15) is 5.11 Å². The van der Waals surface area contributed by atoms with Gasteiger partial charge in [-0.1, -0.05) is 72.1 Å². The van der Waals surface area contributed by atoms with Crippen LogP contribution >= 0.6 is 0 Å². The van der Waals surface area contributed by atoms with Gasteiger partial charge in [0.15, 0.2) is 0 Å². The lowest BCUT2D eigenvalue weighted by atomic mass is 9.81. The fourth-order valence-electron chi connectivity index (χ4n) is 3.84. The molecule has 0 amide bonds. The van der Waals surface area contributed by atoms with E-state index in [2.05, 4.69) is 20.8 Å². The molecule has 1 rings (SSSR count). The maximum Gasteiger partial charge on any atom is 0.0650 e. The van der Waals surface area contributed by atoms with E-state index in [4.69, 9.17) is 0 Å². The van der Waals surface area contributed by atoms with Crippen LogP contribution in [0, 0.1) is 11.8 Å². The van der Waals surface area contributed by atoms with Gasteiger partial charge in [-0.2, -0.15) is 0 Å². The average Bonchev–Trinajstić information content (AvgIpc) is 2.58. The largest absolute Gasteiger partial charge is 0.390 e. The zero-order valence-corrected chi connectivity index (χ0v) is 13.6. The summed E-state index contributed by atoms with van der Waals surface area (Å²) in [5.41, 5.74) is -0.336. The Morgan fingerprint density at radius 2 is 1.89 bits per heavy atom. The van der Waals surface area contributed by atoms with Crippen molar-refractivity contribution < 1.29 is 5.11 Å². The summed E-state index contributed by atoms with van der Waals surface area (Å²) in [6.07, 6.45) is 14.8. The van der Waals surface area contributed by atoms with Crippen molar-refractivity contribution in [1.82, 2.24) is 0 Å². The van der Waals surface area contributed by atoms with E-state index in [0.717, 1.165) is 31.1 Å². The number of hydrogen-bond donors (Lipinski definition) is 1. The highest BCUT2D eigenvalue weighted by atomic mass is 16.3. The zero-order chi connectivity index (χ0) is 14.1. The smallest absolute Gasteiger partial charge is 0.0650 e. The average molecular weight is 268 g/mol. The molecule has 0 bridgehead atoms. The van der Waals surface area contributed by atoms with Crippen molar-refractivity contribution >= 4 is 0 Å². The fraction of sp³-hybridized carbons (Fsp3) is 1.00. The summed E-state index contributed by atoms with van der Waals surface area (Å²) in [6, 6.07) is 0. The van der Waals surface area contributed by atoms with Gasteiger partial charge in [-0.25, -0.2) is 0 Å². The molecule has 0 aromatic rings. The molecule has 1 fully saturated rings. The molecule has 3 atom stereocenters. The van der Waals surface area contributed by atoms with Gasteiger partial charge < -0.3 is 5.11 Å². The highest BCUT2D eigenvalue weighted by Gasteiger charge is 2.32. The maximum absolute atomic E-state index is 10.9. The molecule has 114 valence electrons. The van der Waals surface area contributed by atoms with Crippen molar-refractivity contribution in [2.45, 2.75) is 103 Å². The molecule has 0 aromatic carbocycles. The minimum atomic E-state index is -0.336. The second kappa shape index (κ2) is 9.00. The predicted molar refractivity (Wildman–Crippen MR) is 84.4 cm³/mol. The first-order valence-electron chi connectivity index (χ1n) is 8.86. The molecule has 0 aromatic heterocycles. The molecule has 0 saturated heterocycles. The molecule has 0 radical (unpaired) electrons. The Morgan fingerprint density at radius 1 is 1.11 bits per heavy atom. The molecular weight excluding hydrogens is 232 g/mol. The summed E-state index contributed by atoms with van der Waals surface area (Å²) in [5.74, 6) is 1.63. The van der Waals surface area contributed by atoms with Gasteiger partial charge in [-0.15, -0.1) is 0 Å². The summed E-state index contributed by atoms with van der Waals surface area (Å²) >= 11 is 0. The highest BCUT2D eigenvalue weighted by Crippen LogP contribution is 2.37. The minimum Gasteiger partial charge on any atom is -0.390 e. The van der Waals surface area contributed by atoms with Gasteiger partial charge in [0, 0.05) is 0 Å². The second-order valence-electron chi connectivity index (χ2n) is 6.93. The van der Waals surface area contributed by atoms with E-state index in [0.29, 0.717) is 0 Å². The molecular formula is C18H36O. The third-order valence-corrected chi connectivity index (χ3v) is 5.18. The van der Waals surface area contributed by atoms with Crippen molar-refractivity contribution in [3.05, 3.63) is 0 Å². The van der Waals surface area contributed by atoms with E-state index < -0.39 is 0 Å². The molecule has 1 heteroatoms. The van der Waals surface area contributed by atoms with Gasteiger partial charge in [0.05, 0.1) is 5.60 Å². The summed E-state index contributed by atoms with van der Waals surface area (Å²) < 4.78 is 0. The highest BCUT2D eigenvalue weighted by molar-refractivity contribution is 4.85. The zero-order valence-electron chi connectivity index (χ0n) is 13.6. The molecule has 19 heavy (non-hydrogen) atoms. The van der Waals surface area contributed by atoms with Gasteiger partial charge in [0.2, 0.25) is 0 Å². The molecule has 1 saturated carbocycles. The lowest BCUT2D eigenvalue weighted by molar-refractivity contribution is -0.00177. The normalized spacial score (nSPS) is 30.0. The molecule has 1 aliphatic rings. The topological polar surface area (TPSA) is 20.2 Å². The van der Waals surface area contributed by atoms with Crippen LogP contribution in [0.5, 0.6) is 0 Å². The lowest BCUT2D eigenvalue weighted by Crippen LogP contribution is -2.31. The molecule has 1 N–H and O–H groups in total. The lowest BCUT2D eigenvalue weighted by Gasteiger charge is -2.31. The third kappa shape index (κ3) is 6.29. The second-order valence-corrected chi connectivity index (χ2v) is 6.93. The van der Waals surface area contributed by atoms with Gasteiger partial charge in [0.1, 0.15) is 0 Å². The van der Waals surface area contributed by atoms with Crippen LogP contribution in [0.2, 0.25) is 0 Å². The van der Waals surface area contributed by atoms with E-state index in [1.165, 1.54) is 57.8 Å². The van der Waals surface area contributed by atoms with Gasteiger partial charge in [-0.3, -0.25) is 0 Å². The monoisotopic (exact) mass is 268 g/mol. The Bertz CT molecular complexity index is 226. The third-order valence-electron chi connectivity index (χ3n) is 5.18. The first-order chi connectivity index (χ1) is 9.13. The van der Waals surface area contributed by atoms with Gasteiger partial charge in [0.25, 0.3) is 0 Å². The summed E-state index contributed by atoms with van der Waals surface area (Å²) in [6.45, 7) is 6.84. The van der Waals surface area contributed by atoms with Crippen LogP contribution in [0.3, 0.4) is 0 Å². The SMILES string of the molecule is CCCCC(CC)CC1(O)CCCC(CCC)CC1. The van der Waals surface area contributed by atoms with Crippen LogP contribution < -0.4 is 0 Å². The quantitative estimate of drug-likeness (QED) is 0.559. The Kier molecular flexibility index (Phi) is 8.06. The summed E-state index contributed by atoms with van der Waals surface area (Å²) in [4.78, 5) is 0. The number of rotatable bonds is 8. The van der Waals surface area contributed by atoms with Crippen molar-refractivity contribution in [3.63, 3.8) is 0 Å². The Labute approximate surface area is 121 Å². The van der Waals surface area contributed by atoms with Crippen LogP contribution in [0.1, 0.15) is 97.8 Å². The summed E-state index contributed by atoms with van der Waals surface area (Å²) in [5, 5.41) is 10.9. The van der Waals surface area contributed by atoms with E-state index in [1.54, 1.807) is 0 Å². The predicted octanol–water partition coefficient (Wildman–Crippen LogP) is 5.70. The van der Waals surface area contributed by atoms with E-state index in [1.807, 2.05) is 0 Å². The van der Waals surface area contributed by atoms with Gasteiger partial charge in [-0.05, 0) is 37.5 Å². The first-order valence-corrected chi connectivity index (χ1v) is 8.86. The number of aliphatic hydroxyl groups is 1. The van der Waals surface area contributed by atoms with Crippen LogP contribution in [0.15, 0.2) is 0 Å². The standard InChI is InChI=1S/C18H36O/c1-4-7-10-16(6-3)15-18(19)13-8-11-17(9-5-2)12-14-18/h16-17,19H,4-15H2,1-3H3. The van der Waals surface area contributed by atoms with Crippen LogP contribution in [0.4, 0.5) is 0 Å². The van der Waals surface area contributed by atoms with Crippen LogP contribution in [0.25, 0.3) is 0 Å². The van der Waals surface area contributed by atoms with Crippen molar-refractivity contribution in [2.75, 3.05) is 0 Å². The number of hydrogen-bond acceptors (Lipinski definition) is 1. The molecule has 1 aliphatic carbocycles. The molecule has 1 nitrogen and oxygen atoms in total. The Balaban J connectivity index is 2.45. The number of unbranched alkanes of at least 4 members (excludes halogenated alkanes) is 1.